The van der Waals surface area contributed by atoms with Crippen LogP contribution in [0, 0.1) is 0 Å². The fourth-order valence-electron chi connectivity index (χ4n) is 2.29. The first-order valence-electron chi connectivity index (χ1n) is 7.12. The van der Waals surface area contributed by atoms with Crippen molar-refractivity contribution in [1.82, 2.24) is 9.78 Å². The summed E-state index contributed by atoms with van der Waals surface area (Å²) in [6.45, 7) is 1.67. The molecule has 1 aromatic heterocycles. The third-order valence-corrected chi connectivity index (χ3v) is 3.36. The van der Waals surface area contributed by atoms with Crippen molar-refractivity contribution in [2.45, 2.75) is 13.0 Å². The first-order chi connectivity index (χ1) is 10.8. The van der Waals surface area contributed by atoms with E-state index in [1.54, 1.807) is 25.4 Å². The molecule has 2 heterocycles. The standard InChI is InChI=1S/C15H18N4O3/c1-21-11-4-2-5-12(8-11)22-10-14(20)18-13-9-17-19-7-3-6-16-15(13)19/h2,4-5,8-9,16H,3,6-7,10H2,1H3,(H,18,20). The highest BCUT2D eigenvalue weighted by atomic mass is 16.5. The molecule has 7 heteroatoms. The van der Waals surface area contributed by atoms with Gasteiger partial charge in [0.2, 0.25) is 0 Å². The zero-order chi connectivity index (χ0) is 15.4. The molecule has 1 aliphatic rings. The molecule has 7 nitrogen and oxygen atoms in total. The van der Waals surface area contributed by atoms with Crippen molar-refractivity contribution in [3.63, 3.8) is 0 Å². The number of nitrogens with zero attached hydrogens (tertiary/aromatic N) is 2. The molecule has 116 valence electrons. The Morgan fingerprint density at radius 2 is 2.32 bits per heavy atom. The number of aryl methyl sites for hydroxylation is 1. The number of nitrogens with one attached hydrogen (secondary N) is 2. The molecule has 3 rings (SSSR count). The van der Waals surface area contributed by atoms with Crippen LogP contribution in [0.1, 0.15) is 6.42 Å². The van der Waals surface area contributed by atoms with E-state index in [9.17, 15) is 4.79 Å². The van der Waals surface area contributed by atoms with Crippen LogP contribution in [0.4, 0.5) is 11.5 Å². The second-order valence-electron chi connectivity index (χ2n) is 4.93. The van der Waals surface area contributed by atoms with Crippen LogP contribution in [0.15, 0.2) is 30.5 Å². The first-order valence-corrected chi connectivity index (χ1v) is 7.12. The van der Waals surface area contributed by atoms with Crippen LogP contribution in [0.2, 0.25) is 0 Å². The number of aromatic nitrogens is 2. The van der Waals surface area contributed by atoms with Crippen LogP contribution >= 0.6 is 0 Å². The summed E-state index contributed by atoms with van der Waals surface area (Å²) in [6.07, 6.45) is 2.68. The summed E-state index contributed by atoms with van der Waals surface area (Å²) in [5, 5.41) is 10.3. The minimum absolute atomic E-state index is 0.0716. The monoisotopic (exact) mass is 302 g/mol. The van der Waals surface area contributed by atoms with Gasteiger partial charge in [0.1, 0.15) is 23.0 Å². The van der Waals surface area contributed by atoms with Crippen molar-refractivity contribution in [3.8, 4) is 11.5 Å². The number of hydrogen-bond donors (Lipinski definition) is 2. The van der Waals surface area contributed by atoms with Gasteiger partial charge < -0.3 is 20.1 Å². The lowest BCUT2D eigenvalue weighted by atomic mass is 10.3. The summed E-state index contributed by atoms with van der Waals surface area (Å²) in [5.74, 6) is 1.89. The Kier molecular flexibility index (Phi) is 4.13. The van der Waals surface area contributed by atoms with E-state index in [0.29, 0.717) is 17.2 Å². The van der Waals surface area contributed by atoms with Crippen LogP contribution in [0.25, 0.3) is 0 Å². The van der Waals surface area contributed by atoms with Gasteiger partial charge in [-0.1, -0.05) is 6.07 Å². The van der Waals surface area contributed by atoms with Crippen molar-refractivity contribution in [2.24, 2.45) is 0 Å². The topological polar surface area (TPSA) is 77.4 Å². The molecule has 0 atom stereocenters. The number of carbonyl (C=O) groups excluding carboxylic acids is 1. The van der Waals surface area contributed by atoms with E-state index in [-0.39, 0.29) is 12.5 Å². The van der Waals surface area contributed by atoms with Crippen LogP contribution in [-0.2, 0) is 11.3 Å². The molecule has 2 aromatic rings. The molecule has 1 amide bonds. The molecular formula is C15H18N4O3. The van der Waals surface area contributed by atoms with Crippen LogP contribution < -0.4 is 20.1 Å². The predicted molar refractivity (Wildman–Crippen MR) is 82.5 cm³/mol. The minimum Gasteiger partial charge on any atom is -0.497 e. The molecule has 0 saturated carbocycles. The van der Waals surface area contributed by atoms with Gasteiger partial charge in [0.15, 0.2) is 6.61 Å². The molecule has 0 radical (unpaired) electrons. The second kappa shape index (κ2) is 6.38. The Labute approximate surface area is 128 Å². The predicted octanol–water partition coefficient (Wildman–Crippen LogP) is 1.72. The lowest BCUT2D eigenvalue weighted by molar-refractivity contribution is -0.118. The zero-order valence-corrected chi connectivity index (χ0v) is 12.3. The molecule has 2 N–H and O–H groups in total. The largest absolute Gasteiger partial charge is 0.497 e. The van der Waals surface area contributed by atoms with Crippen molar-refractivity contribution in [1.29, 1.82) is 0 Å². The summed E-state index contributed by atoms with van der Waals surface area (Å²) in [7, 11) is 1.59. The van der Waals surface area contributed by atoms with Gasteiger partial charge in [-0.25, -0.2) is 4.68 Å². The maximum Gasteiger partial charge on any atom is 0.262 e. The third-order valence-electron chi connectivity index (χ3n) is 3.36. The highest BCUT2D eigenvalue weighted by Crippen LogP contribution is 2.24. The molecule has 0 fully saturated rings. The SMILES string of the molecule is COc1cccc(OCC(=O)Nc2cnn3c2NCCC3)c1. The van der Waals surface area contributed by atoms with Crippen molar-refractivity contribution < 1.29 is 14.3 Å². The number of benzene rings is 1. The molecule has 0 bridgehead atoms. The average Bonchev–Trinajstić information content (AvgIpc) is 2.96. The minimum atomic E-state index is -0.231. The Balaban J connectivity index is 1.57. The molecule has 0 aliphatic carbocycles. The van der Waals surface area contributed by atoms with E-state index in [1.807, 2.05) is 16.8 Å². The smallest absolute Gasteiger partial charge is 0.262 e. The summed E-state index contributed by atoms with van der Waals surface area (Å²) in [4.78, 5) is 12.0. The van der Waals surface area contributed by atoms with Crippen molar-refractivity contribution in [2.75, 3.05) is 30.9 Å². The average molecular weight is 302 g/mol. The molecule has 0 spiro atoms. The van der Waals surface area contributed by atoms with Gasteiger partial charge in [-0.2, -0.15) is 5.10 Å². The van der Waals surface area contributed by atoms with E-state index in [0.717, 1.165) is 25.3 Å². The zero-order valence-electron chi connectivity index (χ0n) is 12.3. The van der Waals surface area contributed by atoms with Gasteiger partial charge in [-0.15, -0.1) is 0 Å². The molecule has 22 heavy (non-hydrogen) atoms. The molecule has 1 aromatic carbocycles. The van der Waals surface area contributed by atoms with E-state index in [1.165, 1.54) is 0 Å². The highest BCUT2D eigenvalue weighted by molar-refractivity contribution is 5.94. The van der Waals surface area contributed by atoms with E-state index < -0.39 is 0 Å². The number of amides is 1. The summed E-state index contributed by atoms with van der Waals surface area (Å²) >= 11 is 0. The van der Waals surface area contributed by atoms with E-state index in [4.69, 9.17) is 9.47 Å². The van der Waals surface area contributed by atoms with Gasteiger partial charge in [0.05, 0.1) is 13.3 Å². The molecular weight excluding hydrogens is 284 g/mol. The lowest BCUT2D eigenvalue weighted by Crippen LogP contribution is -2.22. The van der Waals surface area contributed by atoms with Crippen molar-refractivity contribution in [3.05, 3.63) is 30.5 Å². The van der Waals surface area contributed by atoms with Gasteiger partial charge >= 0.3 is 0 Å². The Bertz CT molecular complexity index is 669. The highest BCUT2D eigenvalue weighted by Gasteiger charge is 2.16. The van der Waals surface area contributed by atoms with Gasteiger partial charge in [-0.3, -0.25) is 4.79 Å². The van der Waals surface area contributed by atoms with Gasteiger partial charge in [0, 0.05) is 19.2 Å². The number of fused-ring (bicyclic) bond motifs is 1. The maximum atomic E-state index is 12.0. The summed E-state index contributed by atoms with van der Waals surface area (Å²) in [6, 6.07) is 7.14. The van der Waals surface area contributed by atoms with Crippen LogP contribution in [0.3, 0.4) is 0 Å². The first kappa shape index (κ1) is 14.2. The Hall–Kier alpha value is -2.70. The molecule has 0 unspecified atom stereocenters. The number of hydrogen-bond acceptors (Lipinski definition) is 5. The molecule has 0 saturated heterocycles. The van der Waals surface area contributed by atoms with Crippen molar-refractivity contribution >= 4 is 17.4 Å². The Morgan fingerprint density at radius 1 is 1.45 bits per heavy atom. The van der Waals surface area contributed by atoms with Crippen LogP contribution in [-0.4, -0.2) is 35.9 Å². The summed E-state index contributed by atoms with van der Waals surface area (Å²) < 4.78 is 12.4. The lowest BCUT2D eigenvalue weighted by Gasteiger charge is -2.17. The van der Waals surface area contributed by atoms with Gasteiger partial charge in [0.25, 0.3) is 5.91 Å². The van der Waals surface area contributed by atoms with Crippen LogP contribution in [0.5, 0.6) is 11.5 Å². The van der Waals surface area contributed by atoms with Gasteiger partial charge in [-0.05, 0) is 18.6 Å². The number of anilines is 2. The maximum absolute atomic E-state index is 12.0. The molecule has 1 aliphatic heterocycles. The Morgan fingerprint density at radius 3 is 3.18 bits per heavy atom. The van der Waals surface area contributed by atoms with E-state index >= 15 is 0 Å². The fraction of sp³-hybridized carbons (Fsp3) is 0.333. The summed E-state index contributed by atoms with van der Waals surface area (Å²) in [5.41, 5.74) is 0.680. The number of ether oxygens (including phenoxy) is 2. The number of methoxy groups -OCH3 is 1. The quantitative estimate of drug-likeness (QED) is 0.879. The number of carbonyl (C=O) groups is 1. The normalized spacial score (nSPS) is 13.0. The van der Waals surface area contributed by atoms with E-state index in [2.05, 4.69) is 15.7 Å². The third kappa shape index (κ3) is 3.13. The number of rotatable bonds is 5. The fourth-order valence-corrected chi connectivity index (χ4v) is 2.29. The second-order valence-corrected chi connectivity index (χ2v) is 4.93.